The summed E-state index contributed by atoms with van der Waals surface area (Å²) in [6.07, 6.45) is 0. The maximum atomic E-state index is 11.4. The van der Waals surface area contributed by atoms with E-state index in [1.54, 1.807) is 6.92 Å². The molecule has 1 amide bonds. The van der Waals surface area contributed by atoms with Crippen LogP contribution in [0.4, 0.5) is 0 Å². The first-order chi connectivity index (χ1) is 12.5. The molecule has 152 valence electrons. The van der Waals surface area contributed by atoms with Gasteiger partial charge in [0.2, 0.25) is 5.91 Å². The molecule has 1 heterocycles. The summed E-state index contributed by atoms with van der Waals surface area (Å²) in [4.78, 5) is 22.6. The van der Waals surface area contributed by atoms with E-state index in [0.29, 0.717) is 0 Å². The van der Waals surface area contributed by atoms with Crippen molar-refractivity contribution in [2.24, 2.45) is 4.99 Å². The lowest BCUT2D eigenvalue weighted by Crippen LogP contribution is -2.48. The standard InChI is InChI=1S/C19H30BrN5O.HI/c1-4-21-19(23(3)15-17-7-5-6-8-18(17)20)22-9-10-24-11-13-25(14-12-24)16(2)26;/h5-8H,4,9-15H2,1-3H3,(H,21,22);1H. The van der Waals surface area contributed by atoms with Crippen molar-refractivity contribution in [2.45, 2.75) is 20.4 Å². The fourth-order valence-electron chi connectivity index (χ4n) is 3.01. The number of benzene rings is 1. The summed E-state index contributed by atoms with van der Waals surface area (Å²) in [6.45, 7) is 10.5. The molecule has 0 radical (unpaired) electrons. The Balaban J connectivity index is 0.00000364. The molecule has 0 bridgehead atoms. The number of nitrogens with one attached hydrogen (secondary N) is 1. The highest BCUT2D eigenvalue weighted by Crippen LogP contribution is 2.17. The molecular weight excluding hydrogens is 521 g/mol. The van der Waals surface area contributed by atoms with Crippen LogP contribution in [-0.2, 0) is 11.3 Å². The number of guanidine groups is 1. The van der Waals surface area contributed by atoms with Gasteiger partial charge in [-0.25, -0.2) is 0 Å². The van der Waals surface area contributed by atoms with E-state index in [9.17, 15) is 4.79 Å². The van der Waals surface area contributed by atoms with E-state index >= 15 is 0 Å². The minimum atomic E-state index is 0. The van der Waals surface area contributed by atoms with Crippen LogP contribution in [0.2, 0.25) is 0 Å². The van der Waals surface area contributed by atoms with Gasteiger partial charge in [-0.1, -0.05) is 34.1 Å². The summed E-state index contributed by atoms with van der Waals surface area (Å²) in [7, 11) is 2.06. The molecule has 1 aromatic rings. The van der Waals surface area contributed by atoms with E-state index < -0.39 is 0 Å². The van der Waals surface area contributed by atoms with Crippen LogP contribution >= 0.6 is 39.9 Å². The third kappa shape index (κ3) is 7.95. The van der Waals surface area contributed by atoms with Gasteiger partial charge in [-0.15, -0.1) is 24.0 Å². The van der Waals surface area contributed by atoms with E-state index in [1.165, 1.54) is 5.56 Å². The predicted octanol–water partition coefficient (Wildman–Crippen LogP) is 2.63. The number of hydrogen-bond donors (Lipinski definition) is 1. The van der Waals surface area contributed by atoms with Crippen molar-refractivity contribution in [3.05, 3.63) is 34.3 Å². The molecule has 0 saturated carbocycles. The number of piperazine rings is 1. The van der Waals surface area contributed by atoms with E-state index in [2.05, 4.69) is 63.2 Å². The number of carbonyl (C=O) groups excluding carboxylic acids is 1. The highest BCUT2D eigenvalue weighted by Gasteiger charge is 2.18. The van der Waals surface area contributed by atoms with Crippen LogP contribution in [0.1, 0.15) is 19.4 Å². The Morgan fingerprint density at radius 1 is 1.26 bits per heavy atom. The second-order valence-electron chi connectivity index (χ2n) is 6.53. The maximum Gasteiger partial charge on any atom is 0.219 e. The van der Waals surface area contributed by atoms with Crippen molar-refractivity contribution in [2.75, 3.05) is 52.9 Å². The molecule has 1 aliphatic rings. The average molecular weight is 552 g/mol. The van der Waals surface area contributed by atoms with Crippen LogP contribution < -0.4 is 5.32 Å². The van der Waals surface area contributed by atoms with Gasteiger partial charge in [-0.2, -0.15) is 0 Å². The summed E-state index contributed by atoms with van der Waals surface area (Å²) >= 11 is 3.61. The van der Waals surface area contributed by atoms with Crippen molar-refractivity contribution in [3.8, 4) is 0 Å². The van der Waals surface area contributed by atoms with Crippen LogP contribution in [0, 0.1) is 0 Å². The molecule has 8 heteroatoms. The molecule has 27 heavy (non-hydrogen) atoms. The SMILES string of the molecule is CCNC(=NCCN1CCN(C(C)=O)CC1)N(C)Cc1ccccc1Br.I. The summed E-state index contributed by atoms with van der Waals surface area (Å²) in [5.41, 5.74) is 1.24. The first-order valence-electron chi connectivity index (χ1n) is 9.22. The number of amides is 1. The molecule has 0 aliphatic carbocycles. The molecule has 0 aromatic heterocycles. The van der Waals surface area contributed by atoms with Crippen LogP contribution in [-0.4, -0.2) is 79.4 Å². The molecule has 1 aromatic carbocycles. The van der Waals surface area contributed by atoms with Gasteiger partial charge in [-0.3, -0.25) is 14.7 Å². The third-order valence-corrected chi connectivity index (χ3v) is 5.33. The monoisotopic (exact) mass is 551 g/mol. The van der Waals surface area contributed by atoms with Crippen molar-refractivity contribution >= 4 is 51.8 Å². The molecule has 1 saturated heterocycles. The Labute approximate surface area is 188 Å². The number of nitrogens with zero attached hydrogens (tertiary/aromatic N) is 4. The minimum absolute atomic E-state index is 0. The summed E-state index contributed by atoms with van der Waals surface area (Å²) in [5.74, 6) is 1.09. The summed E-state index contributed by atoms with van der Waals surface area (Å²) < 4.78 is 1.12. The topological polar surface area (TPSA) is 51.2 Å². The molecule has 0 atom stereocenters. The van der Waals surface area contributed by atoms with Crippen molar-refractivity contribution in [3.63, 3.8) is 0 Å². The maximum absolute atomic E-state index is 11.4. The summed E-state index contributed by atoms with van der Waals surface area (Å²) in [5, 5.41) is 3.37. The Bertz CT molecular complexity index is 620. The zero-order valence-corrected chi connectivity index (χ0v) is 20.4. The van der Waals surface area contributed by atoms with Gasteiger partial charge in [0.1, 0.15) is 0 Å². The van der Waals surface area contributed by atoms with Gasteiger partial charge >= 0.3 is 0 Å². The van der Waals surface area contributed by atoms with Gasteiger partial charge in [0.15, 0.2) is 5.96 Å². The van der Waals surface area contributed by atoms with Crippen LogP contribution in [0.15, 0.2) is 33.7 Å². The zero-order chi connectivity index (χ0) is 18.9. The van der Waals surface area contributed by atoms with Crippen LogP contribution in [0.3, 0.4) is 0 Å². The Kier molecular flexibility index (Phi) is 11.2. The highest BCUT2D eigenvalue weighted by atomic mass is 127. The van der Waals surface area contributed by atoms with E-state index in [-0.39, 0.29) is 29.9 Å². The van der Waals surface area contributed by atoms with E-state index in [4.69, 9.17) is 4.99 Å². The van der Waals surface area contributed by atoms with Crippen LogP contribution in [0.25, 0.3) is 0 Å². The number of aliphatic imine (C=N–C) groups is 1. The average Bonchev–Trinajstić information content (AvgIpc) is 2.63. The van der Waals surface area contributed by atoms with Crippen LogP contribution in [0.5, 0.6) is 0 Å². The Morgan fingerprint density at radius 2 is 1.93 bits per heavy atom. The fraction of sp³-hybridized carbons (Fsp3) is 0.579. The van der Waals surface area contributed by atoms with Crippen molar-refractivity contribution in [1.82, 2.24) is 20.0 Å². The lowest BCUT2D eigenvalue weighted by Gasteiger charge is -2.33. The van der Waals surface area contributed by atoms with Gasteiger partial charge in [0.25, 0.3) is 0 Å². The first kappa shape index (κ1) is 24.2. The Hall–Kier alpha value is -0.870. The molecule has 6 nitrogen and oxygen atoms in total. The third-order valence-electron chi connectivity index (χ3n) is 4.56. The molecule has 1 N–H and O–H groups in total. The molecule has 1 fully saturated rings. The number of rotatable bonds is 6. The lowest BCUT2D eigenvalue weighted by atomic mass is 10.2. The van der Waals surface area contributed by atoms with Crippen molar-refractivity contribution in [1.29, 1.82) is 0 Å². The molecule has 1 aliphatic heterocycles. The molecular formula is C19H31BrIN5O. The second-order valence-corrected chi connectivity index (χ2v) is 7.39. The van der Waals surface area contributed by atoms with Gasteiger partial charge in [0, 0.05) is 64.3 Å². The fourth-order valence-corrected chi connectivity index (χ4v) is 3.42. The normalized spacial score (nSPS) is 15.3. The quantitative estimate of drug-likeness (QED) is 0.335. The highest BCUT2D eigenvalue weighted by molar-refractivity contribution is 14.0. The number of halogens is 2. The number of carbonyl (C=O) groups is 1. The Morgan fingerprint density at radius 3 is 2.52 bits per heavy atom. The number of hydrogen-bond acceptors (Lipinski definition) is 3. The first-order valence-corrected chi connectivity index (χ1v) is 10.0. The van der Waals surface area contributed by atoms with Gasteiger partial charge < -0.3 is 15.1 Å². The van der Waals surface area contributed by atoms with Crippen molar-refractivity contribution < 1.29 is 4.79 Å². The van der Waals surface area contributed by atoms with E-state index in [1.807, 2.05) is 11.0 Å². The van der Waals surface area contributed by atoms with Gasteiger partial charge in [0.05, 0.1) is 6.54 Å². The minimum Gasteiger partial charge on any atom is -0.357 e. The van der Waals surface area contributed by atoms with Gasteiger partial charge in [-0.05, 0) is 18.6 Å². The second kappa shape index (κ2) is 12.6. The molecule has 0 spiro atoms. The lowest BCUT2D eigenvalue weighted by molar-refractivity contribution is -0.130. The predicted molar refractivity (Wildman–Crippen MR) is 126 cm³/mol. The molecule has 0 unspecified atom stereocenters. The van der Waals surface area contributed by atoms with E-state index in [0.717, 1.165) is 62.8 Å². The smallest absolute Gasteiger partial charge is 0.219 e. The largest absolute Gasteiger partial charge is 0.357 e. The molecule has 2 rings (SSSR count). The zero-order valence-electron chi connectivity index (χ0n) is 16.4. The summed E-state index contributed by atoms with van der Waals surface area (Å²) in [6, 6.07) is 8.27.